The monoisotopic (exact) mass is 277 g/mol. The van der Waals surface area contributed by atoms with Crippen molar-refractivity contribution in [2.45, 2.75) is 38.3 Å². The van der Waals surface area contributed by atoms with Gasteiger partial charge in [0, 0.05) is 0 Å². The van der Waals surface area contributed by atoms with Gasteiger partial charge in [-0.15, -0.1) is 0 Å². The lowest BCUT2D eigenvalue weighted by Crippen LogP contribution is -2.40. The fraction of sp³-hybridized carbons (Fsp3) is 0.562. The molecule has 0 aliphatic heterocycles. The Bertz CT molecular complexity index is 447. The molecule has 20 heavy (non-hydrogen) atoms. The summed E-state index contributed by atoms with van der Waals surface area (Å²) in [6.07, 6.45) is 3.34. The molecule has 2 atom stereocenters. The number of hydrogen-bond acceptors (Lipinski definition) is 4. The SMILES string of the molecule is CCOC(=O)C(COC1CCCc2ccccc21)NC. The lowest BCUT2D eigenvalue weighted by molar-refractivity contribution is -0.148. The zero-order valence-electron chi connectivity index (χ0n) is 12.2. The average Bonchev–Trinajstić information content (AvgIpc) is 2.48. The van der Waals surface area contributed by atoms with Crippen molar-refractivity contribution in [3.8, 4) is 0 Å². The molecule has 0 bridgehead atoms. The molecule has 0 radical (unpaired) electrons. The van der Waals surface area contributed by atoms with E-state index in [1.807, 2.05) is 13.0 Å². The first-order chi connectivity index (χ1) is 9.76. The van der Waals surface area contributed by atoms with E-state index in [9.17, 15) is 4.79 Å². The second-order valence-electron chi connectivity index (χ2n) is 5.01. The molecule has 1 aliphatic carbocycles. The van der Waals surface area contributed by atoms with Crippen molar-refractivity contribution in [1.29, 1.82) is 0 Å². The van der Waals surface area contributed by atoms with Crippen molar-refractivity contribution < 1.29 is 14.3 Å². The summed E-state index contributed by atoms with van der Waals surface area (Å²) in [5, 5.41) is 2.95. The quantitative estimate of drug-likeness (QED) is 0.810. The van der Waals surface area contributed by atoms with Crippen molar-refractivity contribution >= 4 is 5.97 Å². The van der Waals surface area contributed by atoms with Gasteiger partial charge in [0.25, 0.3) is 0 Å². The summed E-state index contributed by atoms with van der Waals surface area (Å²) in [7, 11) is 1.75. The number of nitrogens with one attached hydrogen (secondary N) is 1. The first-order valence-electron chi connectivity index (χ1n) is 7.29. The van der Waals surface area contributed by atoms with Crippen LogP contribution < -0.4 is 5.32 Å². The van der Waals surface area contributed by atoms with Gasteiger partial charge in [-0.1, -0.05) is 24.3 Å². The van der Waals surface area contributed by atoms with Gasteiger partial charge in [-0.3, -0.25) is 4.79 Å². The van der Waals surface area contributed by atoms with Crippen LogP contribution in [-0.4, -0.2) is 32.3 Å². The second-order valence-corrected chi connectivity index (χ2v) is 5.01. The number of ether oxygens (including phenoxy) is 2. The standard InChI is InChI=1S/C16H23NO3/c1-3-19-16(18)14(17-2)11-20-15-10-6-8-12-7-4-5-9-13(12)15/h4-5,7,9,14-15,17H,3,6,8,10-11H2,1-2H3. The van der Waals surface area contributed by atoms with Crippen LogP contribution in [0, 0.1) is 0 Å². The minimum absolute atomic E-state index is 0.0882. The van der Waals surface area contributed by atoms with Gasteiger partial charge in [0.2, 0.25) is 0 Å². The van der Waals surface area contributed by atoms with E-state index in [4.69, 9.17) is 9.47 Å². The molecule has 1 N–H and O–H groups in total. The lowest BCUT2D eigenvalue weighted by atomic mass is 9.89. The number of likely N-dealkylation sites (N-methyl/N-ethyl adjacent to an activating group) is 1. The minimum Gasteiger partial charge on any atom is -0.465 e. The molecule has 0 aromatic heterocycles. The number of carbonyl (C=O) groups excluding carboxylic acids is 1. The van der Waals surface area contributed by atoms with E-state index in [1.54, 1.807) is 7.05 Å². The molecular formula is C16H23NO3. The van der Waals surface area contributed by atoms with Crippen LogP contribution in [0.5, 0.6) is 0 Å². The van der Waals surface area contributed by atoms with Gasteiger partial charge in [0.15, 0.2) is 0 Å². The van der Waals surface area contributed by atoms with Gasteiger partial charge in [-0.05, 0) is 44.4 Å². The summed E-state index contributed by atoms with van der Waals surface area (Å²) in [6, 6.07) is 7.99. The van der Waals surface area contributed by atoms with Crippen molar-refractivity contribution in [2.24, 2.45) is 0 Å². The number of hydrogen-bond donors (Lipinski definition) is 1. The highest BCUT2D eigenvalue weighted by Crippen LogP contribution is 2.32. The predicted molar refractivity (Wildman–Crippen MR) is 77.6 cm³/mol. The van der Waals surface area contributed by atoms with Crippen LogP contribution in [0.1, 0.15) is 37.0 Å². The maximum atomic E-state index is 11.7. The largest absolute Gasteiger partial charge is 0.465 e. The number of carbonyl (C=O) groups is 1. The van der Waals surface area contributed by atoms with Crippen LogP contribution in [0.25, 0.3) is 0 Å². The fourth-order valence-corrected chi connectivity index (χ4v) is 2.61. The Morgan fingerprint density at radius 2 is 2.25 bits per heavy atom. The smallest absolute Gasteiger partial charge is 0.325 e. The molecule has 1 aliphatic rings. The zero-order chi connectivity index (χ0) is 14.4. The summed E-state index contributed by atoms with van der Waals surface area (Å²) in [6.45, 7) is 2.54. The molecule has 4 nitrogen and oxygen atoms in total. The summed E-state index contributed by atoms with van der Waals surface area (Å²) in [4.78, 5) is 11.7. The molecule has 2 rings (SSSR count). The van der Waals surface area contributed by atoms with Crippen molar-refractivity contribution in [3.63, 3.8) is 0 Å². The number of benzene rings is 1. The van der Waals surface area contributed by atoms with E-state index in [1.165, 1.54) is 11.1 Å². The highest BCUT2D eigenvalue weighted by atomic mass is 16.5. The van der Waals surface area contributed by atoms with E-state index in [2.05, 4.69) is 23.5 Å². The predicted octanol–water partition coefficient (Wildman–Crippen LogP) is 2.23. The second kappa shape index (κ2) is 7.41. The third-order valence-electron chi connectivity index (χ3n) is 3.70. The third kappa shape index (κ3) is 3.58. The summed E-state index contributed by atoms with van der Waals surface area (Å²) in [5.41, 5.74) is 2.62. The molecule has 0 saturated carbocycles. The Hall–Kier alpha value is -1.39. The Kier molecular flexibility index (Phi) is 5.56. The summed E-state index contributed by atoms with van der Waals surface area (Å²) >= 11 is 0. The lowest BCUT2D eigenvalue weighted by Gasteiger charge is -2.27. The molecule has 0 heterocycles. The Labute approximate surface area is 120 Å². The molecule has 0 spiro atoms. The van der Waals surface area contributed by atoms with Gasteiger partial charge >= 0.3 is 5.97 Å². The van der Waals surface area contributed by atoms with Crippen LogP contribution in [-0.2, 0) is 20.7 Å². The van der Waals surface area contributed by atoms with Crippen molar-refractivity contribution in [2.75, 3.05) is 20.3 Å². The minimum atomic E-state index is -0.399. The first kappa shape index (κ1) is 15.0. The molecule has 1 aromatic carbocycles. The number of esters is 1. The highest BCUT2D eigenvalue weighted by molar-refractivity contribution is 5.75. The molecule has 4 heteroatoms. The number of fused-ring (bicyclic) bond motifs is 1. The Balaban J connectivity index is 1.96. The van der Waals surface area contributed by atoms with E-state index < -0.39 is 6.04 Å². The summed E-state index contributed by atoms with van der Waals surface area (Å²) < 4.78 is 11.0. The maximum absolute atomic E-state index is 11.7. The molecule has 0 amide bonds. The highest BCUT2D eigenvalue weighted by Gasteiger charge is 2.24. The summed E-state index contributed by atoms with van der Waals surface area (Å²) in [5.74, 6) is -0.251. The van der Waals surface area contributed by atoms with Gasteiger partial charge in [0.1, 0.15) is 6.04 Å². The van der Waals surface area contributed by atoms with Crippen LogP contribution in [0.2, 0.25) is 0 Å². The van der Waals surface area contributed by atoms with E-state index in [0.29, 0.717) is 13.2 Å². The molecular weight excluding hydrogens is 254 g/mol. The topological polar surface area (TPSA) is 47.6 Å². The van der Waals surface area contributed by atoms with Crippen molar-refractivity contribution in [1.82, 2.24) is 5.32 Å². The normalized spacial score (nSPS) is 19.2. The van der Waals surface area contributed by atoms with Gasteiger partial charge in [0.05, 0.1) is 19.3 Å². The Morgan fingerprint density at radius 3 is 3.00 bits per heavy atom. The van der Waals surface area contributed by atoms with Gasteiger partial charge < -0.3 is 14.8 Å². The molecule has 1 aromatic rings. The van der Waals surface area contributed by atoms with Crippen LogP contribution in [0.3, 0.4) is 0 Å². The Morgan fingerprint density at radius 1 is 1.45 bits per heavy atom. The molecule has 0 saturated heterocycles. The molecule has 0 fully saturated rings. The van der Waals surface area contributed by atoms with Gasteiger partial charge in [-0.2, -0.15) is 0 Å². The van der Waals surface area contributed by atoms with Crippen LogP contribution >= 0.6 is 0 Å². The number of aryl methyl sites for hydroxylation is 1. The van der Waals surface area contributed by atoms with Crippen LogP contribution in [0.15, 0.2) is 24.3 Å². The van der Waals surface area contributed by atoms with E-state index in [0.717, 1.165) is 19.3 Å². The third-order valence-corrected chi connectivity index (χ3v) is 3.70. The van der Waals surface area contributed by atoms with Gasteiger partial charge in [-0.25, -0.2) is 0 Å². The average molecular weight is 277 g/mol. The molecule has 110 valence electrons. The van der Waals surface area contributed by atoms with E-state index in [-0.39, 0.29) is 12.1 Å². The molecule has 2 unspecified atom stereocenters. The zero-order valence-corrected chi connectivity index (χ0v) is 12.2. The maximum Gasteiger partial charge on any atom is 0.325 e. The van der Waals surface area contributed by atoms with E-state index >= 15 is 0 Å². The number of rotatable bonds is 6. The van der Waals surface area contributed by atoms with Crippen LogP contribution in [0.4, 0.5) is 0 Å². The first-order valence-corrected chi connectivity index (χ1v) is 7.29. The van der Waals surface area contributed by atoms with Crippen molar-refractivity contribution in [3.05, 3.63) is 35.4 Å². The fourth-order valence-electron chi connectivity index (χ4n) is 2.61.